The second-order valence-electron chi connectivity index (χ2n) is 9.55. The van der Waals surface area contributed by atoms with Gasteiger partial charge in [-0.2, -0.15) is 4.31 Å². The molecule has 9 nitrogen and oxygen atoms in total. The molecule has 206 valence electrons. The van der Waals surface area contributed by atoms with Crippen LogP contribution in [0.2, 0.25) is 0 Å². The molecular weight excluding hydrogens is 538 g/mol. The fourth-order valence-corrected chi connectivity index (χ4v) is 7.82. The predicted molar refractivity (Wildman–Crippen MR) is 151 cm³/mol. The van der Waals surface area contributed by atoms with Gasteiger partial charge in [-0.3, -0.25) is 9.59 Å². The van der Waals surface area contributed by atoms with E-state index in [1.807, 2.05) is 0 Å². The van der Waals surface area contributed by atoms with E-state index in [4.69, 9.17) is 9.47 Å². The average Bonchev–Trinajstić information content (AvgIpc) is 3.32. The number of hydrogen-bond acceptors (Lipinski definition) is 7. The van der Waals surface area contributed by atoms with Crippen LogP contribution in [0, 0.1) is 6.92 Å². The van der Waals surface area contributed by atoms with E-state index in [1.54, 1.807) is 50.4 Å². The Balaban J connectivity index is 1.42. The van der Waals surface area contributed by atoms with Crippen molar-refractivity contribution in [1.29, 1.82) is 0 Å². The molecule has 2 amide bonds. The van der Waals surface area contributed by atoms with Crippen LogP contribution in [-0.2, 0) is 27.6 Å². The van der Waals surface area contributed by atoms with Gasteiger partial charge in [-0.25, -0.2) is 8.42 Å². The number of anilines is 2. The highest BCUT2D eigenvalue weighted by Crippen LogP contribution is 2.39. The lowest BCUT2D eigenvalue weighted by atomic mass is 9.95. The summed E-state index contributed by atoms with van der Waals surface area (Å²) in [4.78, 5) is 28.1. The van der Waals surface area contributed by atoms with Gasteiger partial charge in [-0.1, -0.05) is 6.07 Å². The topological polar surface area (TPSA) is 114 Å². The number of aryl methyl sites for hydroxylation is 2. The number of benzene rings is 2. The molecule has 11 heteroatoms. The number of fused-ring (bicyclic) bond motifs is 1. The Morgan fingerprint density at radius 1 is 0.974 bits per heavy atom. The summed E-state index contributed by atoms with van der Waals surface area (Å²) in [5.74, 6) is -0.0816. The third-order valence-electron chi connectivity index (χ3n) is 7.01. The molecule has 0 spiro atoms. The molecule has 1 saturated heterocycles. The summed E-state index contributed by atoms with van der Waals surface area (Å²) in [6, 6.07) is 11.7. The fourth-order valence-electron chi connectivity index (χ4n) is 4.88. The van der Waals surface area contributed by atoms with Crippen LogP contribution < -0.4 is 15.4 Å². The van der Waals surface area contributed by atoms with Crippen molar-refractivity contribution in [3.8, 4) is 5.75 Å². The summed E-state index contributed by atoms with van der Waals surface area (Å²) in [5.41, 5.74) is 2.81. The maximum absolute atomic E-state index is 13.5. The number of ether oxygens (including phenoxy) is 2. The number of hydrogen-bond donors (Lipinski definition) is 2. The van der Waals surface area contributed by atoms with Crippen LogP contribution in [0.15, 0.2) is 47.4 Å². The molecule has 1 aliphatic heterocycles. The largest absolute Gasteiger partial charge is 0.497 e. The van der Waals surface area contributed by atoms with E-state index >= 15 is 0 Å². The summed E-state index contributed by atoms with van der Waals surface area (Å²) in [6.45, 7) is 2.92. The first kappa shape index (κ1) is 27.3. The molecule has 3 aromatic rings. The molecule has 0 unspecified atom stereocenters. The highest BCUT2D eigenvalue weighted by Gasteiger charge is 2.30. The monoisotopic (exact) mass is 569 g/mol. The number of methoxy groups -OCH3 is 1. The summed E-state index contributed by atoms with van der Waals surface area (Å²) in [7, 11) is -2.20. The first-order chi connectivity index (χ1) is 18.8. The van der Waals surface area contributed by atoms with Crippen molar-refractivity contribution in [2.75, 3.05) is 44.0 Å². The Labute approximate surface area is 232 Å². The van der Waals surface area contributed by atoms with Crippen molar-refractivity contribution < 1.29 is 27.5 Å². The third kappa shape index (κ3) is 5.72. The third-order valence-corrected chi connectivity index (χ3v) is 10.3. The molecule has 1 aliphatic carbocycles. The molecule has 2 aliphatic rings. The van der Waals surface area contributed by atoms with Gasteiger partial charge in [0.25, 0.3) is 11.8 Å². The Kier molecular flexibility index (Phi) is 8.03. The molecule has 0 radical (unpaired) electrons. The predicted octanol–water partition coefficient (Wildman–Crippen LogP) is 4.47. The van der Waals surface area contributed by atoms with Crippen molar-refractivity contribution in [1.82, 2.24) is 4.31 Å². The molecule has 1 aromatic heterocycles. The van der Waals surface area contributed by atoms with Crippen molar-refractivity contribution in [2.45, 2.75) is 37.5 Å². The Morgan fingerprint density at radius 3 is 2.41 bits per heavy atom. The van der Waals surface area contributed by atoms with E-state index in [-0.39, 0.29) is 29.5 Å². The standard InChI is InChI=1S/C28H31N3O6S2/c1-18-7-8-19(17-24(18)39(34,35)31-13-15-37-16-14-31)26(32)30-28-25(22-5-3-4-6-23(22)38-28)27(33)29-20-9-11-21(36-2)12-10-20/h7-12,17H,3-6,13-16H2,1-2H3,(H,29,33)(H,30,32). The molecule has 2 heterocycles. The number of thiophene rings is 1. The van der Waals surface area contributed by atoms with Crippen molar-refractivity contribution in [2.24, 2.45) is 0 Å². The highest BCUT2D eigenvalue weighted by atomic mass is 32.2. The summed E-state index contributed by atoms with van der Waals surface area (Å²) in [6.07, 6.45) is 3.62. The van der Waals surface area contributed by atoms with E-state index in [1.165, 1.54) is 21.7 Å². The van der Waals surface area contributed by atoms with Gasteiger partial charge in [0.05, 0.1) is 30.8 Å². The van der Waals surface area contributed by atoms with Gasteiger partial charge in [-0.05, 0) is 80.1 Å². The van der Waals surface area contributed by atoms with E-state index < -0.39 is 15.9 Å². The van der Waals surface area contributed by atoms with Gasteiger partial charge in [-0.15, -0.1) is 11.3 Å². The summed E-state index contributed by atoms with van der Waals surface area (Å²) < 4.78 is 38.5. The van der Waals surface area contributed by atoms with Gasteiger partial charge in [0.2, 0.25) is 10.0 Å². The lowest BCUT2D eigenvalue weighted by Crippen LogP contribution is -2.40. The van der Waals surface area contributed by atoms with Crippen LogP contribution in [0.1, 0.15) is 49.6 Å². The van der Waals surface area contributed by atoms with Crippen LogP contribution in [0.3, 0.4) is 0 Å². The molecule has 2 aromatic carbocycles. The van der Waals surface area contributed by atoms with Crippen LogP contribution >= 0.6 is 11.3 Å². The molecule has 5 rings (SSSR count). The maximum atomic E-state index is 13.5. The zero-order valence-corrected chi connectivity index (χ0v) is 23.5. The number of carbonyl (C=O) groups is 2. The lowest BCUT2D eigenvalue weighted by Gasteiger charge is -2.26. The van der Waals surface area contributed by atoms with Gasteiger partial charge in [0.15, 0.2) is 0 Å². The van der Waals surface area contributed by atoms with Crippen molar-refractivity contribution in [3.05, 3.63) is 69.6 Å². The SMILES string of the molecule is COc1ccc(NC(=O)c2c(NC(=O)c3ccc(C)c(S(=O)(=O)N4CCOCC4)c3)sc3c2CCCC3)cc1. The van der Waals surface area contributed by atoms with Crippen LogP contribution in [0.4, 0.5) is 10.7 Å². The Morgan fingerprint density at radius 2 is 1.69 bits per heavy atom. The highest BCUT2D eigenvalue weighted by molar-refractivity contribution is 7.89. The lowest BCUT2D eigenvalue weighted by molar-refractivity contribution is 0.0730. The van der Waals surface area contributed by atoms with E-state index in [9.17, 15) is 18.0 Å². The zero-order chi connectivity index (χ0) is 27.6. The van der Waals surface area contributed by atoms with Crippen molar-refractivity contribution in [3.63, 3.8) is 0 Å². The second kappa shape index (κ2) is 11.5. The molecule has 0 atom stereocenters. The van der Waals surface area contributed by atoms with E-state index in [2.05, 4.69) is 10.6 Å². The molecule has 39 heavy (non-hydrogen) atoms. The van der Waals surface area contributed by atoms with E-state index in [0.717, 1.165) is 36.1 Å². The van der Waals surface area contributed by atoms with Gasteiger partial charge in [0, 0.05) is 29.2 Å². The minimum atomic E-state index is -3.78. The van der Waals surface area contributed by atoms with Crippen LogP contribution in [0.25, 0.3) is 0 Å². The maximum Gasteiger partial charge on any atom is 0.258 e. The zero-order valence-electron chi connectivity index (χ0n) is 21.9. The quantitative estimate of drug-likeness (QED) is 0.434. The number of morpholine rings is 1. The van der Waals surface area contributed by atoms with E-state index in [0.29, 0.717) is 40.8 Å². The van der Waals surface area contributed by atoms with Gasteiger partial charge >= 0.3 is 0 Å². The normalized spacial score (nSPS) is 15.8. The molecular formula is C28H31N3O6S2. The number of nitrogens with zero attached hydrogens (tertiary/aromatic N) is 1. The summed E-state index contributed by atoms with van der Waals surface area (Å²) in [5, 5.41) is 6.32. The molecule has 1 fully saturated rings. The smallest absolute Gasteiger partial charge is 0.258 e. The second-order valence-corrected chi connectivity index (χ2v) is 12.6. The van der Waals surface area contributed by atoms with Crippen LogP contribution in [0.5, 0.6) is 5.75 Å². The van der Waals surface area contributed by atoms with Gasteiger partial charge in [0.1, 0.15) is 10.8 Å². The molecule has 0 bridgehead atoms. The fraction of sp³-hybridized carbons (Fsp3) is 0.357. The van der Waals surface area contributed by atoms with Crippen LogP contribution in [-0.4, -0.2) is 58.0 Å². The number of sulfonamides is 1. The summed E-state index contributed by atoms with van der Waals surface area (Å²) >= 11 is 1.41. The Bertz CT molecular complexity index is 1490. The Hall–Kier alpha value is -3.25. The average molecular weight is 570 g/mol. The number of carbonyl (C=O) groups excluding carboxylic acids is 2. The number of nitrogens with one attached hydrogen (secondary N) is 2. The first-order valence-electron chi connectivity index (χ1n) is 12.9. The molecule has 2 N–H and O–H groups in total. The number of amides is 2. The number of rotatable bonds is 7. The minimum Gasteiger partial charge on any atom is -0.497 e. The minimum absolute atomic E-state index is 0.0972. The van der Waals surface area contributed by atoms with Gasteiger partial charge < -0.3 is 20.1 Å². The first-order valence-corrected chi connectivity index (χ1v) is 15.1. The molecule has 0 saturated carbocycles. The van der Waals surface area contributed by atoms with Crippen molar-refractivity contribution >= 4 is 43.9 Å².